The average Bonchev–Trinajstić information content (AvgIpc) is 2.34. The number of hydrogen-bond acceptors (Lipinski definition) is 1. The molecule has 1 aromatic rings. The zero-order chi connectivity index (χ0) is 12.3. The number of hydrogen-bond donors (Lipinski definition) is 0. The number of nitrogens with zero attached hydrogens (tertiary/aromatic N) is 1. The van der Waals surface area contributed by atoms with Gasteiger partial charge in [-0.1, -0.05) is 37.3 Å². The number of halogens is 1. The van der Waals surface area contributed by atoms with Gasteiger partial charge in [-0.25, -0.2) is 0 Å². The van der Waals surface area contributed by atoms with Crippen LogP contribution < -0.4 is 24.0 Å². The van der Waals surface area contributed by atoms with Crippen LogP contribution in [0.1, 0.15) is 25.3 Å². The zero-order valence-electron chi connectivity index (χ0n) is 11.2. The molecule has 2 atom stereocenters. The molecule has 0 saturated carbocycles. The smallest absolute Gasteiger partial charge is 0.147 e. The molecule has 1 aliphatic heterocycles. The third-order valence-corrected chi connectivity index (χ3v) is 3.91. The van der Waals surface area contributed by atoms with E-state index in [9.17, 15) is 4.79 Å². The topological polar surface area (TPSA) is 17.1 Å². The third kappa shape index (κ3) is 3.79. The first-order chi connectivity index (χ1) is 8.13. The van der Waals surface area contributed by atoms with E-state index in [0.717, 1.165) is 37.0 Å². The predicted octanol–water partition coefficient (Wildman–Crippen LogP) is -0.364. The zero-order valence-corrected chi connectivity index (χ0v) is 13.4. The lowest BCUT2D eigenvalue weighted by atomic mass is 9.92. The standard InChI is InChI=1S/C15H22NO.HI/c1-3-14-12-16(2,10-9-15(14)17)11-13-7-5-4-6-8-13;/h4-8,14H,3,9-12H2,1-2H3;1H/q+1;/p-1. The van der Waals surface area contributed by atoms with Gasteiger partial charge in [-0.3, -0.25) is 4.79 Å². The van der Waals surface area contributed by atoms with E-state index in [1.54, 1.807) is 0 Å². The Kier molecular flexibility index (Phi) is 5.79. The van der Waals surface area contributed by atoms with Crippen molar-refractivity contribution in [2.45, 2.75) is 26.3 Å². The fraction of sp³-hybridized carbons (Fsp3) is 0.533. The summed E-state index contributed by atoms with van der Waals surface area (Å²) < 4.78 is 1.01. The molecule has 2 rings (SSSR count). The second kappa shape index (κ2) is 6.66. The Bertz CT molecular complexity index is 393. The van der Waals surface area contributed by atoms with Crippen molar-refractivity contribution in [2.24, 2.45) is 5.92 Å². The van der Waals surface area contributed by atoms with Crippen molar-refractivity contribution in [1.29, 1.82) is 0 Å². The number of rotatable bonds is 3. The molecular formula is C15H22INO. The van der Waals surface area contributed by atoms with Gasteiger partial charge in [0.15, 0.2) is 0 Å². The summed E-state index contributed by atoms with van der Waals surface area (Å²) >= 11 is 0. The van der Waals surface area contributed by atoms with Gasteiger partial charge in [-0.05, 0) is 6.42 Å². The van der Waals surface area contributed by atoms with Crippen LogP contribution >= 0.6 is 0 Å². The fourth-order valence-electron chi connectivity index (χ4n) is 2.83. The number of carbonyl (C=O) groups is 1. The SMILES string of the molecule is CCC1C[N+](C)(Cc2ccccc2)CCC1=O.[I-]. The maximum atomic E-state index is 11.8. The molecule has 0 aliphatic carbocycles. The summed E-state index contributed by atoms with van der Waals surface area (Å²) in [5.74, 6) is 0.744. The summed E-state index contributed by atoms with van der Waals surface area (Å²) in [5.41, 5.74) is 1.37. The van der Waals surface area contributed by atoms with Gasteiger partial charge in [0.2, 0.25) is 0 Å². The van der Waals surface area contributed by atoms with Gasteiger partial charge in [0, 0.05) is 5.56 Å². The summed E-state index contributed by atoms with van der Waals surface area (Å²) in [6.07, 6.45) is 1.74. The molecule has 1 aromatic carbocycles. The Morgan fingerprint density at radius 3 is 2.56 bits per heavy atom. The fourth-order valence-corrected chi connectivity index (χ4v) is 2.83. The van der Waals surface area contributed by atoms with Crippen molar-refractivity contribution in [2.75, 3.05) is 20.1 Å². The molecular weight excluding hydrogens is 337 g/mol. The van der Waals surface area contributed by atoms with Crippen molar-refractivity contribution in [3.8, 4) is 0 Å². The minimum Gasteiger partial charge on any atom is -1.00 e. The largest absolute Gasteiger partial charge is 1.00 e. The first kappa shape index (κ1) is 15.6. The first-order valence-electron chi connectivity index (χ1n) is 6.53. The summed E-state index contributed by atoms with van der Waals surface area (Å²) in [6.45, 7) is 5.17. The molecule has 1 fully saturated rings. The van der Waals surface area contributed by atoms with Crippen LogP contribution in [-0.2, 0) is 11.3 Å². The number of benzene rings is 1. The van der Waals surface area contributed by atoms with Crippen molar-refractivity contribution in [1.82, 2.24) is 0 Å². The van der Waals surface area contributed by atoms with E-state index >= 15 is 0 Å². The summed E-state index contributed by atoms with van der Waals surface area (Å²) in [6, 6.07) is 10.6. The average molecular weight is 359 g/mol. The van der Waals surface area contributed by atoms with Gasteiger partial charge < -0.3 is 28.5 Å². The number of piperidine rings is 1. The Balaban J connectivity index is 0.00000162. The number of carbonyl (C=O) groups excluding carboxylic acids is 1. The highest BCUT2D eigenvalue weighted by molar-refractivity contribution is 5.81. The maximum absolute atomic E-state index is 11.8. The second-order valence-corrected chi connectivity index (χ2v) is 5.49. The monoisotopic (exact) mass is 359 g/mol. The highest BCUT2D eigenvalue weighted by Gasteiger charge is 2.35. The lowest BCUT2D eigenvalue weighted by Crippen LogP contribution is -3.00. The predicted molar refractivity (Wildman–Crippen MR) is 69.5 cm³/mol. The van der Waals surface area contributed by atoms with E-state index in [-0.39, 0.29) is 29.9 Å². The van der Waals surface area contributed by atoms with Crippen LogP contribution in [0.3, 0.4) is 0 Å². The van der Waals surface area contributed by atoms with E-state index in [0.29, 0.717) is 5.78 Å². The Hall–Kier alpha value is -0.420. The molecule has 0 amide bonds. The number of likely N-dealkylation sites (tertiary alicyclic amines) is 1. The maximum Gasteiger partial charge on any atom is 0.147 e. The number of ketones is 1. The van der Waals surface area contributed by atoms with Crippen LogP contribution in [0.25, 0.3) is 0 Å². The molecule has 0 bridgehead atoms. The molecule has 1 saturated heterocycles. The van der Waals surface area contributed by atoms with E-state index in [1.807, 2.05) is 0 Å². The van der Waals surface area contributed by atoms with Gasteiger partial charge in [0.25, 0.3) is 0 Å². The van der Waals surface area contributed by atoms with E-state index in [2.05, 4.69) is 44.3 Å². The summed E-state index contributed by atoms with van der Waals surface area (Å²) in [5, 5.41) is 0. The normalized spacial score (nSPS) is 27.7. The van der Waals surface area contributed by atoms with Gasteiger partial charge in [-0.2, -0.15) is 0 Å². The lowest BCUT2D eigenvalue weighted by molar-refractivity contribution is -0.926. The minimum atomic E-state index is 0. The molecule has 0 aromatic heterocycles. The van der Waals surface area contributed by atoms with E-state index < -0.39 is 0 Å². The Labute approximate surface area is 127 Å². The molecule has 2 unspecified atom stereocenters. The molecule has 3 heteroatoms. The Morgan fingerprint density at radius 1 is 1.28 bits per heavy atom. The summed E-state index contributed by atoms with van der Waals surface area (Å²) in [7, 11) is 2.28. The van der Waals surface area contributed by atoms with Gasteiger partial charge in [-0.15, -0.1) is 0 Å². The third-order valence-electron chi connectivity index (χ3n) is 3.91. The van der Waals surface area contributed by atoms with Crippen LogP contribution in [0.2, 0.25) is 0 Å². The molecule has 2 nitrogen and oxygen atoms in total. The number of Topliss-reactive ketones (excluding diaryl/α,β-unsaturated/α-hetero) is 1. The Morgan fingerprint density at radius 2 is 1.94 bits per heavy atom. The lowest BCUT2D eigenvalue weighted by Gasteiger charge is -2.40. The van der Waals surface area contributed by atoms with Gasteiger partial charge in [0.05, 0.1) is 32.5 Å². The van der Waals surface area contributed by atoms with Crippen LogP contribution in [0.5, 0.6) is 0 Å². The number of quaternary nitrogens is 1. The van der Waals surface area contributed by atoms with E-state index in [4.69, 9.17) is 0 Å². The van der Waals surface area contributed by atoms with Crippen molar-refractivity contribution in [3.05, 3.63) is 35.9 Å². The van der Waals surface area contributed by atoms with Crippen molar-refractivity contribution >= 4 is 5.78 Å². The van der Waals surface area contributed by atoms with Crippen molar-refractivity contribution < 1.29 is 33.3 Å². The molecule has 18 heavy (non-hydrogen) atoms. The van der Waals surface area contributed by atoms with Crippen molar-refractivity contribution in [3.63, 3.8) is 0 Å². The van der Waals surface area contributed by atoms with Crippen LogP contribution in [-0.4, -0.2) is 30.4 Å². The first-order valence-corrected chi connectivity index (χ1v) is 6.53. The molecule has 0 radical (unpaired) electrons. The highest BCUT2D eigenvalue weighted by Crippen LogP contribution is 2.24. The highest BCUT2D eigenvalue weighted by atomic mass is 127. The molecule has 1 aliphatic rings. The van der Waals surface area contributed by atoms with Crippen LogP contribution in [0.4, 0.5) is 0 Å². The van der Waals surface area contributed by atoms with E-state index in [1.165, 1.54) is 5.56 Å². The molecule has 1 heterocycles. The summed E-state index contributed by atoms with van der Waals surface area (Å²) in [4.78, 5) is 11.8. The molecule has 0 spiro atoms. The quantitative estimate of drug-likeness (QED) is 0.532. The van der Waals surface area contributed by atoms with Crippen LogP contribution in [0, 0.1) is 5.92 Å². The second-order valence-electron chi connectivity index (χ2n) is 5.49. The molecule has 100 valence electrons. The van der Waals surface area contributed by atoms with Crippen LogP contribution in [0.15, 0.2) is 30.3 Å². The van der Waals surface area contributed by atoms with Gasteiger partial charge >= 0.3 is 0 Å². The minimum absolute atomic E-state index is 0. The van der Waals surface area contributed by atoms with Gasteiger partial charge in [0.1, 0.15) is 12.3 Å². The molecule has 0 N–H and O–H groups in total.